The lowest BCUT2D eigenvalue weighted by molar-refractivity contribution is 0.154. The van der Waals surface area contributed by atoms with Gasteiger partial charge in [0.15, 0.2) is 0 Å². The molecule has 1 aromatic rings. The van der Waals surface area contributed by atoms with E-state index in [0.29, 0.717) is 0 Å². The Kier molecular flexibility index (Phi) is 6.88. The number of aromatic nitrogens is 2. The van der Waals surface area contributed by atoms with Crippen LogP contribution in [-0.2, 0) is 11.3 Å². The average molecular weight is 280 g/mol. The fourth-order valence-corrected chi connectivity index (χ4v) is 1.71. The van der Waals surface area contributed by atoms with Gasteiger partial charge in [0.2, 0.25) is 0 Å². The number of nitrogens with one attached hydrogen (secondary N) is 1. The third-order valence-corrected chi connectivity index (χ3v) is 2.91. The molecule has 0 saturated carbocycles. The Morgan fingerprint density at radius 3 is 2.45 bits per heavy atom. The Balaban J connectivity index is 2.55. The minimum Gasteiger partial charge on any atom is -0.380 e. The molecule has 0 saturated heterocycles. The van der Waals surface area contributed by atoms with E-state index in [4.69, 9.17) is 4.74 Å². The molecule has 0 aromatic carbocycles. The van der Waals surface area contributed by atoms with Crippen molar-refractivity contribution in [3.63, 3.8) is 0 Å². The summed E-state index contributed by atoms with van der Waals surface area (Å²) < 4.78 is 5.39. The lowest BCUT2D eigenvalue weighted by Crippen LogP contribution is -2.35. The second-order valence-electron chi connectivity index (χ2n) is 5.75. The van der Waals surface area contributed by atoms with Crippen molar-refractivity contribution in [2.24, 2.45) is 0 Å². The third-order valence-electron chi connectivity index (χ3n) is 2.91. The first-order valence-electron chi connectivity index (χ1n) is 7.35. The van der Waals surface area contributed by atoms with Gasteiger partial charge in [-0.3, -0.25) is 4.98 Å². The van der Waals surface area contributed by atoms with Crippen LogP contribution >= 0.6 is 0 Å². The molecule has 0 aliphatic heterocycles. The molecule has 5 nitrogen and oxygen atoms in total. The van der Waals surface area contributed by atoms with E-state index in [0.717, 1.165) is 44.4 Å². The fourth-order valence-electron chi connectivity index (χ4n) is 1.71. The molecule has 20 heavy (non-hydrogen) atoms. The number of likely N-dealkylation sites (N-methyl/N-ethyl adjacent to an activating group) is 1. The summed E-state index contributed by atoms with van der Waals surface area (Å²) in [7, 11) is 0. The number of ether oxygens (including phenoxy) is 1. The number of anilines is 1. The van der Waals surface area contributed by atoms with Crippen LogP contribution in [0, 0.1) is 0 Å². The van der Waals surface area contributed by atoms with Gasteiger partial charge >= 0.3 is 0 Å². The van der Waals surface area contributed by atoms with E-state index in [1.165, 1.54) is 0 Å². The molecule has 1 aromatic heterocycles. The van der Waals surface area contributed by atoms with Crippen LogP contribution in [0.25, 0.3) is 0 Å². The Labute approximate surface area is 122 Å². The summed E-state index contributed by atoms with van der Waals surface area (Å²) in [5, 5.41) is 3.41. The predicted octanol–water partition coefficient (Wildman–Crippen LogP) is 2.23. The van der Waals surface area contributed by atoms with E-state index in [1.54, 1.807) is 0 Å². The summed E-state index contributed by atoms with van der Waals surface area (Å²) in [6.07, 6.45) is 3.69. The van der Waals surface area contributed by atoms with Gasteiger partial charge in [-0.25, -0.2) is 4.98 Å². The normalized spacial score (nSPS) is 11.7. The van der Waals surface area contributed by atoms with E-state index in [1.807, 2.05) is 19.3 Å². The van der Waals surface area contributed by atoms with Crippen molar-refractivity contribution in [3.8, 4) is 0 Å². The van der Waals surface area contributed by atoms with Crippen LogP contribution in [0.1, 0.15) is 40.3 Å². The summed E-state index contributed by atoms with van der Waals surface area (Å²) in [6, 6.07) is 0. The van der Waals surface area contributed by atoms with Crippen LogP contribution in [0.4, 0.5) is 5.82 Å². The molecule has 1 heterocycles. The van der Waals surface area contributed by atoms with Gasteiger partial charge in [0.1, 0.15) is 5.82 Å². The maximum atomic E-state index is 5.39. The zero-order valence-corrected chi connectivity index (χ0v) is 13.4. The van der Waals surface area contributed by atoms with Crippen molar-refractivity contribution in [1.82, 2.24) is 15.3 Å². The van der Waals surface area contributed by atoms with Crippen molar-refractivity contribution >= 4 is 5.82 Å². The van der Waals surface area contributed by atoms with Crippen molar-refractivity contribution in [2.75, 3.05) is 31.2 Å². The van der Waals surface area contributed by atoms with Crippen LogP contribution in [0.15, 0.2) is 12.4 Å². The van der Waals surface area contributed by atoms with Crippen molar-refractivity contribution < 1.29 is 4.74 Å². The fraction of sp³-hybridized carbons (Fsp3) is 0.733. The van der Waals surface area contributed by atoms with Gasteiger partial charge in [-0.2, -0.15) is 0 Å². The van der Waals surface area contributed by atoms with E-state index in [2.05, 4.69) is 47.9 Å². The van der Waals surface area contributed by atoms with Gasteiger partial charge in [0, 0.05) is 31.8 Å². The molecular weight excluding hydrogens is 252 g/mol. The number of nitrogens with zero attached hydrogens (tertiary/aromatic N) is 3. The Bertz CT molecular complexity index is 372. The monoisotopic (exact) mass is 280 g/mol. The van der Waals surface area contributed by atoms with Gasteiger partial charge in [-0.1, -0.05) is 0 Å². The number of hydrogen-bond donors (Lipinski definition) is 1. The predicted molar refractivity (Wildman–Crippen MR) is 83.0 cm³/mol. The van der Waals surface area contributed by atoms with E-state index >= 15 is 0 Å². The first kappa shape index (κ1) is 16.9. The molecule has 5 heteroatoms. The van der Waals surface area contributed by atoms with Gasteiger partial charge in [0.25, 0.3) is 0 Å². The topological polar surface area (TPSA) is 50.3 Å². The number of hydrogen-bond acceptors (Lipinski definition) is 5. The Morgan fingerprint density at radius 1 is 1.20 bits per heavy atom. The van der Waals surface area contributed by atoms with Gasteiger partial charge in [0.05, 0.1) is 24.7 Å². The zero-order valence-electron chi connectivity index (χ0n) is 13.4. The molecule has 0 radical (unpaired) electrons. The summed E-state index contributed by atoms with van der Waals surface area (Å²) in [6.45, 7) is 14.5. The molecule has 0 fully saturated rings. The third kappa shape index (κ3) is 6.30. The van der Waals surface area contributed by atoms with Crippen molar-refractivity contribution in [1.29, 1.82) is 0 Å². The molecule has 1 rings (SSSR count). The summed E-state index contributed by atoms with van der Waals surface area (Å²) in [4.78, 5) is 11.1. The smallest absolute Gasteiger partial charge is 0.147 e. The second-order valence-corrected chi connectivity index (χ2v) is 5.75. The summed E-state index contributed by atoms with van der Waals surface area (Å²) >= 11 is 0. The Morgan fingerprint density at radius 2 is 1.95 bits per heavy atom. The molecule has 0 amide bonds. The minimum atomic E-state index is 0.0906. The van der Waals surface area contributed by atoms with Crippen LogP contribution in [0.5, 0.6) is 0 Å². The molecule has 0 aliphatic rings. The SMILES string of the molecule is CCOCCN(CC)c1cnc(CNC(C)(C)C)cn1. The first-order chi connectivity index (χ1) is 9.46. The molecule has 0 spiro atoms. The molecule has 1 N–H and O–H groups in total. The number of rotatable bonds is 8. The zero-order chi connectivity index (χ0) is 15.0. The Hall–Kier alpha value is -1.20. The molecule has 114 valence electrons. The van der Waals surface area contributed by atoms with E-state index in [-0.39, 0.29) is 5.54 Å². The standard InChI is InChI=1S/C15H28N4O/c1-6-19(8-9-20-7-2)14-12-16-13(10-17-14)11-18-15(3,4)5/h10,12,18H,6-9,11H2,1-5H3. The second kappa shape index (κ2) is 8.17. The van der Waals surface area contributed by atoms with Gasteiger partial charge in [-0.05, 0) is 34.6 Å². The van der Waals surface area contributed by atoms with Gasteiger partial charge < -0.3 is 15.0 Å². The molecule has 0 atom stereocenters. The largest absolute Gasteiger partial charge is 0.380 e. The summed E-state index contributed by atoms with van der Waals surface area (Å²) in [5.41, 5.74) is 1.05. The van der Waals surface area contributed by atoms with Crippen LogP contribution < -0.4 is 10.2 Å². The van der Waals surface area contributed by atoms with Gasteiger partial charge in [-0.15, -0.1) is 0 Å². The maximum absolute atomic E-state index is 5.39. The highest BCUT2D eigenvalue weighted by Gasteiger charge is 2.10. The molecular formula is C15H28N4O. The quantitative estimate of drug-likeness (QED) is 0.740. The van der Waals surface area contributed by atoms with E-state index in [9.17, 15) is 0 Å². The average Bonchev–Trinajstić information content (AvgIpc) is 2.41. The van der Waals surface area contributed by atoms with Crippen molar-refractivity contribution in [2.45, 2.75) is 46.7 Å². The first-order valence-corrected chi connectivity index (χ1v) is 7.35. The highest BCUT2D eigenvalue weighted by Crippen LogP contribution is 2.09. The van der Waals surface area contributed by atoms with Crippen LogP contribution in [0.3, 0.4) is 0 Å². The van der Waals surface area contributed by atoms with E-state index < -0.39 is 0 Å². The van der Waals surface area contributed by atoms with Crippen LogP contribution in [-0.4, -0.2) is 41.8 Å². The molecule has 0 bridgehead atoms. The summed E-state index contributed by atoms with van der Waals surface area (Å²) in [5.74, 6) is 0.909. The maximum Gasteiger partial charge on any atom is 0.147 e. The lowest BCUT2D eigenvalue weighted by atomic mass is 10.1. The highest BCUT2D eigenvalue weighted by atomic mass is 16.5. The molecule has 0 unspecified atom stereocenters. The van der Waals surface area contributed by atoms with Crippen LogP contribution in [0.2, 0.25) is 0 Å². The van der Waals surface area contributed by atoms with Crippen molar-refractivity contribution in [3.05, 3.63) is 18.1 Å². The molecule has 0 aliphatic carbocycles. The minimum absolute atomic E-state index is 0.0906. The lowest BCUT2D eigenvalue weighted by Gasteiger charge is -2.22. The highest BCUT2D eigenvalue weighted by molar-refractivity contribution is 5.35.